The van der Waals surface area contributed by atoms with Gasteiger partial charge in [-0.15, -0.1) is 10.2 Å². The van der Waals surface area contributed by atoms with Crippen molar-refractivity contribution < 1.29 is 17.9 Å². The molecule has 152 valence electrons. The van der Waals surface area contributed by atoms with E-state index in [-0.39, 0.29) is 16.0 Å². The van der Waals surface area contributed by atoms with Crippen molar-refractivity contribution in [3.05, 3.63) is 64.7 Å². The summed E-state index contributed by atoms with van der Waals surface area (Å²) >= 11 is 6.63. The molecule has 0 aliphatic rings. The summed E-state index contributed by atoms with van der Waals surface area (Å²) in [5, 5.41) is 10.7. The van der Waals surface area contributed by atoms with Gasteiger partial charge in [-0.05, 0) is 35.9 Å². The summed E-state index contributed by atoms with van der Waals surface area (Å²) in [7, 11) is -0.920. The fourth-order valence-corrected chi connectivity index (χ4v) is 4.73. The zero-order valence-electron chi connectivity index (χ0n) is 15.5. The minimum Gasteiger partial charge on any atom is -0.497 e. The van der Waals surface area contributed by atoms with Crippen LogP contribution in [-0.4, -0.2) is 43.0 Å². The van der Waals surface area contributed by atoms with Crippen LogP contribution < -0.4 is 10.1 Å². The number of methoxy groups -OCH3 is 1. The number of nitrogens with zero attached hydrogens (tertiary/aromatic N) is 3. The third kappa shape index (κ3) is 5.10. The molecule has 3 aromatic rings. The number of carbonyl (C=O) groups is 1. The number of rotatable bonds is 7. The molecule has 1 heterocycles. The van der Waals surface area contributed by atoms with Crippen molar-refractivity contribution in [1.82, 2.24) is 14.5 Å². The number of aromatic nitrogens is 2. The first kappa shape index (κ1) is 21.2. The van der Waals surface area contributed by atoms with E-state index in [1.807, 2.05) is 0 Å². The number of ether oxygens (including phenoxy) is 1. The molecule has 0 saturated carbocycles. The normalized spacial score (nSPS) is 11.4. The number of sulfonamides is 1. The van der Waals surface area contributed by atoms with Crippen molar-refractivity contribution >= 4 is 44.0 Å². The van der Waals surface area contributed by atoms with Crippen molar-refractivity contribution in [2.45, 2.75) is 10.9 Å². The molecule has 0 aliphatic heterocycles. The van der Waals surface area contributed by atoms with Gasteiger partial charge < -0.3 is 4.74 Å². The van der Waals surface area contributed by atoms with Gasteiger partial charge in [-0.3, -0.25) is 10.1 Å². The lowest BCUT2D eigenvalue weighted by atomic mass is 10.2. The highest BCUT2D eigenvalue weighted by Gasteiger charge is 2.26. The van der Waals surface area contributed by atoms with Gasteiger partial charge in [0.2, 0.25) is 9.47 Å². The fraction of sp³-hybridized carbons (Fsp3) is 0.167. The Morgan fingerprint density at radius 1 is 1.21 bits per heavy atom. The number of hydrogen-bond acceptors (Lipinski definition) is 7. The Balaban J connectivity index is 1.72. The van der Waals surface area contributed by atoms with Crippen LogP contribution >= 0.6 is 22.9 Å². The smallest absolute Gasteiger partial charge is 0.272 e. The molecule has 0 bridgehead atoms. The largest absolute Gasteiger partial charge is 0.497 e. The Kier molecular flexibility index (Phi) is 6.48. The molecule has 1 N–H and O–H groups in total. The fourth-order valence-electron chi connectivity index (χ4n) is 2.36. The van der Waals surface area contributed by atoms with Crippen molar-refractivity contribution in [2.24, 2.45) is 0 Å². The van der Waals surface area contributed by atoms with Crippen LogP contribution in [0.1, 0.15) is 15.9 Å². The van der Waals surface area contributed by atoms with E-state index in [9.17, 15) is 13.2 Å². The van der Waals surface area contributed by atoms with Crippen LogP contribution in [0.2, 0.25) is 5.02 Å². The summed E-state index contributed by atoms with van der Waals surface area (Å²) in [5.74, 6) is 0.0838. The first-order valence-corrected chi connectivity index (χ1v) is 10.9. The monoisotopic (exact) mass is 452 g/mol. The summed E-state index contributed by atoms with van der Waals surface area (Å²) < 4.78 is 31.5. The Labute approximate surface area is 177 Å². The van der Waals surface area contributed by atoms with Crippen LogP contribution in [0.15, 0.2) is 52.9 Å². The molecule has 8 nitrogen and oxygen atoms in total. The van der Waals surface area contributed by atoms with Crippen molar-refractivity contribution in [1.29, 1.82) is 0 Å². The molecular weight excluding hydrogens is 436 g/mol. The first-order chi connectivity index (χ1) is 13.8. The van der Waals surface area contributed by atoms with Gasteiger partial charge in [-0.25, -0.2) is 8.42 Å². The lowest BCUT2D eigenvalue weighted by molar-refractivity contribution is 0.102. The molecule has 0 fully saturated rings. The highest BCUT2D eigenvalue weighted by molar-refractivity contribution is 7.91. The van der Waals surface area contributed by atoms with E-state index in [4.69, 9.17) is 16.3 Å². The number of hydrogen-bond donors (Lipinski definition) is 1. The maximum atomic E-state index is 12.7. The number of anilines is 1. The van der Waals surface area contributed by atoms with E-state index in [0.29, 0.717) is 16.3 Å². The zero-order valence-corrected chi connectivity index (χ0v) is 17.9. The van der Waals surface area contributed by atoms with Crippen molar-refractivity contribution in [2.75, 3.05) is 19.5 Å². The molecule has 3 rings (SSSR count). The number of carbonyl (C=O) groups excluding carboxylic acids is 1. The number of halogens is 1. The molecule has 11 heteroatoms. The van der Waals surface area contributed by atoms with Gasteiger partial charge in [-0.2, -0.15) is 4.31 Å². The molecule has 0 spiro atoms. The Morgan fingerprint density at radius 2 is 1.93 bits per heavy atom. The molecule has 2 aromatic carbocycles. The van der Waals surface area contributed by atoms with E-state index in [1.165, 1.54) is 14.2 Å². The van der Waals surface area contributed by atoms with Gasteiger partial charge in [0.25, 0.3) is 15.9 Å². The van der Waals surface area contributed by atoms with Crippen LogP contribution in [0.25, 0.3) is 0 Å². The predicted molar refractivity (Wildman–Crippen MR) is 111 cm³/mol. The van der Waals surface area contributed by atoms with Crippen molar-refractivity contribution in [3.63, 3.8) is 0 Å². The molecule has 0 saturated heterocycles. The lowest BCUT2D eigenvalue weighted by Crippen LogP contribution is -2.26. The first-order valence-electron chi connectivity index (χ1n) is 8.29. The van der Waals surface area contributed by atoms with E-state index >= 15 is 0 Å². The van der Waals surface area contributed by atoms with Crippen LogP contribution in [0.5, 0.6) is 5.75 Å². The highest BCUT2D eigenvalue weighted by Crippen LogP contribution is 2.24. The molecule has 0 radical (unpaired) electrons. The lowest BCUT2D eigenvalue weighted by Gasteiger charge is -2.14. The van der Waals surface area contributed by atoms with Crippen LogP contribution in [-0.2, 0) is 16.6 Å². The van der Waals surface area contributed by atoms with Gasteiger partial charge in [-0.1, -0.05) is 41.1 Å². The predicted octanol–water partition coefficient (Wildman–Crippen LogP) is 3.27. The average Bonchev–Trinajstić information content (AvgIpc) is 3.19. The summed E-state index contributed by atoms with van der Waals surface area (Å²) in [6.45, 7) is 0.143. The molecule has 29 heavy (non-hydrogen) atoms. The van der Waals surface area contributed by atoms with Gasteiger partial charge in [0, 0.05) is 24.2 Å². The Morgan fingerprint density at radius 3 is 2.62 bits per heavy atom. The minimum absolute atomic E-state index is 0.0799. The summed E-state index contributed by atoms with van der Waals surface area (Å²) in [4.78, 5) is 12.3. The third-order valence-corrected chi connectivity index (χ3v) is 7.15. The maximum absolute atomic E-state index is 12.7. The van der Waals surface area contributed by atoms with Gasteiger partial charge in [0.05, 0.1) is 7.11 Å². The van der Waals surface area contributed by atoms with E-state index in [0.717, 1.165) is 21.2 Å². The molecule has 1 aromatic heterocycles. The zero-order chi connectivity index (χ0) is 21.0. The minimum atomic E-state index is -3.86. The summed E-state index contributed by atoms with van der Waals surface area (Å²) in [5.41, 5.74) is 1.13. The summed E-state index contributed by atoms with van der Waals surface area (Å²) in [6, 6.07) is 13.4. The molecule has 0 aliphatic carbocycles. The second-order valence-corrected chi connectivity index (χ2v) is 9.58. The maximum Gasteiger partial charge on any atom is 0.272 e. The highest BCUT2D eigenvalue weighted by atomic mass is 35.5. The number of amides is 1. The SMILES string of the molecule is COc1cccc(C(=O)Nc2nnc(S(=O)(=O)N(C)Cc3ccc(Cl)cc3)s2)c1. The van der Waals surface area contributed by atoms with Gasteiger partial charge in [0.15, 0.2) is 0 Å². The second kappa shape index (κ2) is 8.87. The third-order valence-electron chi connectivity index (χ3n) is 3.91. The standard InChI is InChI=1S/C18H17ClN4O4S2/c1-23(11-12-6-8-14(19)9-7-12)29(25,26)18-22-21-17(28-18)20-16(24)13-4-3-5-15(10-13)27-2/h3-10H,11H2,1-2H3,(H,20,21,24). The van der Waals surface area contributed by atoms with E-state index in [1.54, 1.807) is 48.5 Å². The molecular formula is C18H17ClN4O4S2. The van der Waals surface area contributed by atoms with E-state index < -0.39 is 15.9 Å². The molecule has 0 atom stereocenters. The number of benzene rings is 2. The van der Waals surface area contributed by atoms with Crippen molar-refractivity contribution in [3.8, 4) is 5.75 Å². The quantitative estimate of drug-likeness (QED) is 0.552. The second-order valence-electron chi connectivity index (χ2n) is 5.95. The van der Waals surface area contributed by atoms with Crippen LogP contribution in [0.3, 0.4) is 0 Å². The van der Waals surface area contributed by atoms with Gasteiger partial charge in [0.1, 0.15) is 5.75 Å². The number of nitrogens with one attached hydrogen (secondary N) is 1. The Bertz CT molecular complexity index is 1120. The van der Waals surface area contributed by atoms with Gasteiger partial charge >= 0.3 is 0 Å². The summed E-state index contributed by atoms with van der Waals surface area (Å²) in [6.07, 6.45) is 0. The Hall–Kier alpha value is -2.53. The van der Waals surface area contributed by atoms with Crippen LogP contribution in [0, 0.1) is 0 Å². The average molecular weight is 453 g/mol. The topological polar surface area (TPSA) is 101 Å². The van der Waals surface area contributed by atoms with Crippen LogP contribution in [0.4, 0.5) is 5.13 Å². The molecule has 1 amide bonds. The molecule has 0 unspecified atom stereocenters. The van der Waals surface area contributed by atoms with E-state index in [2.05, 4.69) is 15.5 Å².